The molecule has 2 fully saturated rings. The molecule has 2 saturated carbocycles. The highest BCUT2D eigenvalue weighted by Crippen LogP contribution is 2.61. The summed E-state index contributed by atoms with van der Waals surface area (Å²) in [5.74, 6) is 1.91. The summed E-state index contributed by atoms with van der Waals surface area (Å²) in [4.78, 5) is 11.3. The lowest BCUT2D eigenvalue weighted by Gasteiger charge is -2.49. The molecule has 7 heteroatoms. The van der Waals surface area contributed by atoms with Crippen LogP contribution in [0.25, 0.3) is 0 Å². The van der Waals surface area contributed by atoms with E-state index in [0.29, 0.717) is 17.8 Å². The molecule has 0 heterocycles. The predicted octanol–water partition coefficient (Wildman–Crippen LogP) is 3.26. The molecule has 0 bridgehead atoms. The second kappa shape index (κ2) is 5.77. The number of hydrogen-bond acceptors (Lipinski definition) is 5. The number of hydrogen-bond donors (Lipinski definition) is 1. The van der Waals surface area contributed by atoms with Crippen LogP contribution in [-0.4, -0.2) is 14.5 Å². The van der Waals surface area contributed by atoms with Gasteiger partial charge in [-0.15, -0.1) is 0 Å². The first-order valence-corrected chi connectivity index (χ1v) is 10.5. The fourth-order valence-corrected chi connectivity index (χ4v) is 6.26. The molecule has 0 spiro atoms. The van der Waals surface area contributed by atoms with E-state index >= 15 is 0 Å². The third-order valence-corrected chi connectivity index (χ3v) is 7.41. The molecule has 136 valence electrons. The summed E-state index contributed by atoms with van der Waals surface area (Å²) in [6, 6.07) is 5.48. The molecule has 5 unspecified atom stereocenters. The van der Waals surface area contributed by atoms with Gasteiger partial charge in [-0.3, -0.25) is 0 Å². The molecule has 0 saturated heterocycles. The topological polar surface area (TPSA) is 98.8 Å². The highest BCUT2D eigenvalue weighted by atomic mass is 32.2. The second-order valence-corrected chi connectivity index (χ2v) is 9.25. The average molecular weight is 364 g/mol. The molecular formula is C18H24N2O4S. The summed E-state index contributed by atoms with van der Waals surface area (Å²) in [5.41, 5.74) is 2.52. The maximum absolute atomic E-state index is 11.3. The van der Waals surface area contributed by atoms with Crippen LogP contribution in [-0.2, 0) is 16.7 Å². The van der Waals surface area contributed by atoms with Crippen molar-refractivity contribution in [3.05, 3.63) is 34.2 Å². The van der Waals surface area contributed by atoms with Crippen LogP contribution in [0.2, 0.25) is 0 Å². The van der Waals surface area contributed by atoms with Gasteiger partial charge < -0.3 is 4.18 Å². The van der Waals surface area contributed by atoms with Gasteiger partial charge in [0.15, 0.2) is 0 Å². The number of nitrogens with zero attached hydrogens (tertiary/aromatic N) is 1. The number of nitrogens with two attached hydrogens (primary N) is 1. The van der Waals surface area contributed by atoms with E-state index in [9.17, 15) is 13.3 Å². The van der Waals surface area contributed by atoms with E-state index in [2.05, 4.69) is 12.1 Å². The fourth-order valence-electron chi connectivity index (χ4n) is 5.89. The molecule has 3 aliphatic carbocycles. The van der Waals surface area contributed by atoms with Crippen molar-refractivity contribution in [3.8, 4) is 5.75 Å². The Morgan fingerprint density at radius 3 is 2.76 bits per heavy atom. The van der Waals surface area contributed by atoms with E-state index in [-0.39, 0.29) is 17.2 Å². The second-order valence-electron chi connectivity index (χ2n) is 8.10. The van der Waals surface area contributed by atoms with Crippen molar-refractivity contribution in [2.75, 3.05) is 0 Å². The van der Waals surface area contributed by atoms with Crippen LogP contribution in [0.5, 0.6) is 5.75 Å². The smallest absolute Gasteiger partial charge is 0.371 e. The molecule has 1 aromatic carbocycles. The van der Waals surface area contributed by atoms with Crippen LogP contribution in [0.3, 0.4) is 0 Å². The minimum Gasteiger partial charge on any atom is -0.371 e. The lowest BCUT2D eigenvalue weighted by Crippen LogP contribution is -2.43. The lowest BCUT2D eigenvalue weighted by atomic mass is 9.55. The molecule has 5 atom stereocenters. The molecule has 4 rings (SSSR count). The third kappa shape index (κ3) is 2.77. The van der Waals surface area contributed by atoms with Gasteiger partial charge in [0, 0.05) is 0 Å². The van der Waals surface area contributed by atoms with E-state index in [0.717, 1.165) is 44.1 Å². The Labute approximate surface area is 148 Å². The zero-order valence-corrected chi connectivity index (χ0v) is 15.2. The van der Waals surface area contributed by atoms with Crippen molar-refractivity contribution in [2.24, 2.45) is 27.6 Å². The maximum Gasteiger partial charge on any atom is 0.380 e. The highest BCUT2D eigenvalue weighted by Gasteiger charge is 2.55. The number of aryl methyl sites for hydroxylation is 1. The van der Waals surface area contributed by atoms with Crippen molar-refractivity contribution in [3.63, 3.8) is 0 Å². The van der Waals surface area contributed by atoms with Gasteiger partial charge in [0.1, 0.15) is 5.75 Å². The first kappa shape index (κ1) is 17.0. The Balaban J connectivity index is 1.63. The van der Waals surface area contributed by atoms with Crippen LogP contribution in [0, 0.1) is 22.2 Å². The zero-order chi connectivity index (χ0) is 17.8. The number of rotatable bonds is 3. The van der Waals surface area contributed by atoms with Crippen molar-refractivity contribution < 1.29 is 12.6 Å². The SMILES string of the molecule is CC12CCC3c4ccc(OS(N)(=O)=O)cc4CCC3C1CCC2N=O. The first-order chi connectivity index (χ1) is 11.8. The number of fused-ring (bicyclic) bond motifs is 5. The van der Waals surface area contributed by atoms with Crippen molar-refractivity contribution >= 4 is 10.3 Å². The monoisotopic (exact) mass is 364 g/mol. The molecule has 0 aliphatic heterocycles. The zero-order valence-electron chi connectivity index (χ0n) is 14.3. The molecular weight excluding hydrogens is 340 g/mol. The molecule has 25 heavy (non-hydrogen) atoms. The molecule has 0 aromatic heterocycles. The van der Waals surface area contributed by atoms with Gasteiger partial charge in [-0.05, 0) is 85.0 Å². The predicted molar refractivity (Wildman–Crippen MR) is 94.4 cm³/mol. The van der Waals surface area contributed by atoms with E-state index in [1.165, 1.54) is 5.56 Å². The van der Waals surface area contributed by atoms with E-state index < -0.39 is 10.3 Å². The minimum atomic E-state index is -4.00. The molecule has 2 N–H and O–H groups in total. The van der Waals surface area contributed by atoms with E-state index in [1.807, 2.05) is 12.1 Å². The van der Waals surface area contributed by atoms with Crippen LogP contribution in [0.15, 0.2) is 23.4 Å². The van der Waals surface area contributed by atoms with Crippen molar-refractivity contribution in [2.45, 2.75) is 57.4 Å². The summed E-state index contributed by atoms with van der Waals surface area (Å²) in [6.45, 7) is 2.26. The van der Waals surface area contributed by atoms with Crippen molar-refractivity contribution in [1.82, 2.24) is 0 Å². The van der Waals surface area contributed by atoms with Crippen LogP contribution < -0.4 is 9.32 Å². The summed E-state index contributed by atoms with van der Waals surface area (Å²) >= 11 is 0. The van der Waals surface area contributed by atoms with Gasteiger partial charge in [0.05, 0.1) is 6.04 Å². The van der Waals surface area contributed by atoms with Gasteiger partial charge in [-0.2, -0.15) is 18.5 Å². The molecule has 0 amide bonds. The summed E-state index contributed by atoms with van der Waals surface area (Å²) in [7, 11) is -4.00. The van der Waals surface area contributed by atoms with Crippen LogP contribution in [0.4, 0.5) is 0 Å². The fraction of sp³-hybridized carbons (Fsp3) is 0.667. The Morgan fingerprint density at radius 2 is 2.04 bits per heavy atom. The number of benzene rings is 1. The lowest BCUT2D eigenvalue weighted by molar-refractivity contribution is 0.0498. The molecule has 1 aromatic rings. The van der Waals surface area contributed by atoms with Gasteiger partial charge in [-0.25, -0.2) is 0 Å². The standard InChI is InChI=1S/C18H24N2O4S/c1-18-9-8-14-13-5-3-12(24-25(19,22)23)10-11(13)2-4-15(14)16(18)6-7-17(18)20-21/h3,5,10,14-17H,2,4,6-9H2,1H3,(H2,19,22,23). The highest BCUT2D eigenvalue weighted by molar-refractivity contribution is 7.84. The van der Waals surface area contributed by atoms with Crippen LogP contribution >= 0.6 is 0 Å². The largest absolute Gasteiger partial charge is 0.380 e. The first-order valence-electron chi connectivity index (χ1n) is 8.99. The molecule has 6 nitrogen and oxygen atoms in total. The number of nitroso groups, excluding NO2 is 1. The van der Waals surface area contributed by atoms with E-state index in [1.54, 1.807) is 6.07 Å². The van der Waals surface area contributed by atoms with Gasteiger partial charge in [0.25, 0.3) is 0 Å². The minimum absolute atomic E-state index is 0.0367. The average Bonchev–Trinajstić information content (AvgIpc) is 2.89. The Morgan fingerprint density at radius 1 is 1.24 bits per heavy atom. The van der Waals surface area contributed by atoms with Gasteiger partial charge >= 0.3 is 10.3 Å². The Kier molecular flexibility index (Phi) is 3.92. The Bertz CT molecular complexity index is 809. The molecule has 3 aliphatic rings. The van der Waals surface area contributed by atoms with Gasteiger partial charge in [-0.1, -0.05) is 18.2 Å². The van der Waals surface area contributed by atoms with E-state index in [4.69, 9.17) is 9.32 Å². The van der Waals surface area contributed by atoms with Gasteiger partial charge in [0.2, 0.25) is 0 Å². The van der Waals surface area contributed by atoms with Crippen LogP contribution in [0.1, 0.15) is 56.1 Å². The Hall–Kier alpha value is -1.47. The summed E-state index contributed by atoms with van der Waals surface area (Å²) < 4.78 is 27.1. The normalized spacial score (nSPS) is 36.9. The summed E-state index contributed by atoms with van der Waals surface area (Å²) in [5, 5.41) is 8.40. The summed E-state index contributed by atoms with van der Waals surface area (Å²) in [6.07, 6.45) is 6.08. The molecule has 0 radical (unpaired) electrons. The van der Waals surface area contributed by atoms with Crippen molar-refractivity contribution in [1.29, 1.82) is 0 Å². The quantitative estimate of drug-likeness (QED) is 0.832. The maximum atomic E-state index is 11.3. The third-order valence-electron chi connectivity index (χ3n) is 6.99.